The second kappa shape index (κ2) is 8.25. The standard InChI is InChI=1S/C21H20N2O3/c1-26-21(25)18(13-15-7-3-2-4-8-15)23-19(24)14-17-10-5-9-16-11-6-12-22-20(16)17/h2-12,18H,13-14H2,1H3,(H,23,24)/t18-/m1/s1. The number of methoxy groups -OCH3 is 1. The van der Waals surface area contributed by atoms with E-state index in [1.54, 1.807) is 6.20 Å². The van der Waals surface area contributed by atoms with Crippen LogP contribution in [0.4, 0.5) is 0 Å². The van der Waals surface area contributed by atoms with Crippen LogP contribution in [-0.2, 0) is 27.2 Å². The normalized spacial score (nSPS) is 11.7. The van der Waals surface area contributed by atoms with E-state index in [0.29, 0.717) is 6.42 Å². The van der Waals surface area contributed by atoms with Crippen LogP contribution in [0.5, 0.6) is 0 Å². The molecule has 132 valence electrons. The number of aromatic nitrogens is 1. The monoisotopic (exact) mass is 348 g/mol. The van der Waals surface area contributed by atoms with Gasteiger partial charge in [0.1, 0.15) is 6.04 Å². The summed E-state index contributed by atoms with van der Waals surface area (Å²) in [6.45, 7) is 0. The molecule has 2 aromatic carbocycles. The lowest BCUT2D eigenvalue weighted by Crippen LogP contribution is -2.43. The SMILES string of the molecule is COC(=O)[C@@H](Cc1ccccc1)NC(=O)Cc1cccc2cccnc12. The second-order valence-corrected chi connectivity index (χ2v) is 6.00. The van der Waals surface area contributed by atoms with Crippen LogP contribution in [0, 0.1) is 0 Å². The summed E-state index contributed by atoms with van der Waals surface area (Å²) in [5, 5.41) is 3.77. The van der Waals surface area contributed by atoms with Gasteiger partial charge in [0.15, 0.2) is 0 Å². The molecule has 3 rings (SSSR count). The van der Waals surface area contributed by atoms with Gasteiger partial charge in [0.2, 0.25) is 5.91 Å². The second-order valence-electron chi connectivity index (χ2n) is 6.00. The maximum Gasteiger partial charge on any atom is 0.328 e. The van der Waals surface area contributed by atoms with Gasteiger partial charge in [-0.25, -0.2) is 4.79 Å². The number of pyridine rings is 1. The number of ether oxygens (including phenoxy) is 1. The summed E-state index contributed by atoms with van der Waals surface area (Å²) in [5.41, 5.74) is 2.57. The van der Waals surface area contributed by atoms with Gasteiger partial charge in [0.05, 0.1) is 19.0 Å². The van der Waals surface area contributed by atoms with E-state index in [1.165, 1.54) is 7.11 Å². The Kier molecular flexibility index (Phi) is 5.59. The third-order valence-corrected chi connectivity index (χ3v) is 4.17. The van der Waals surface area contributed by atoms with E-state index in [9.17, 15) is 9.59 Å². The number of carbonyl (C=O) groups is 2. The first-order chi connectivity index (χ1) is 12.7. The molecule has 1 N–H and O–H groups in total. The number of hydrogen-bond donors (Lipinski definition) is 1. The number of para-hydroxylation sites is 1. The third-order valence-electron chi connectivity index (χ3n) is 4.17. The van der Waals surface area contributed by atoms with Gasteiger partial charge >= 0.3 is 5.97 Å². The topological polar surface area (TPSA) is 68.3 Å². The van der Waals surface area contributed by atoms with E-state index >= 15 is 0 Å². The Balaban J connectivity index is 1.74. The molecule has 0 bridgehead atoms. The van der Waals surface area contributed by atoms with Crippen molar-refractivity contribution in [1.82, 2.24) is 10.3 Å². The van der Waals surface area contributed by atoms with Crippen LogP contribution in [0.25, 0.3) is 10.9 Å². The number of benzene rings is 2. The molecular weight excluding hydrogens is 328 g/mol. The van der Waals surface area contributed by atoms with Crippen molar-refractivity contribution in [3.05, 3.63) is 78.0 Å². The smallest absolute Gasteiger partial charge is 0.328 e. The molecule has 0 fully saturated rings. The van der Waals surface area contributed by atoms with Gasteiger partial charge in [-0.05, 0) is 17.2 Å². The number of esters is 1. The average molecular weight is 348 g/mol. The summed E-state index contributed by atoms with van der Waals surface area (Å²) >= 11 is 0. The third kappa shape index (κ3) is 4.25. The summed E-state index contributed by atoms with van der Waals surface area (Å²) in [7, 11) is 1.32. The van der Waals surface area contributed by atoms with Crippen LogP contribution in [0.1, 0.15) is 11.1 Å². The quantitative estimate of drug-likeness (QED) is 0.696. The molecular formula is C21H20N2O3. The minimum atomic E-state index is -0.724. The van der Waals surface area contributed by atoms with Crippen LogP contribution in [0.15, 0.2) is 66.9 Å². The average Bonchev–Trinajstić information content (AvgIpc) is 2.68. The first-order valence-corrected chi connectivity index (χ1v) is 8.41. The summed E-state index contributed by atoms with van der Waals surface area (Å²) in [6.07, 6.45) is 2.24. The van der Waals surface area contributed by atoms with Crippen molar-refractivity contribution >= 4 is 22.8 Å². The van der Waals surface area contributed by atoms with Gasteiger partial charge in [-0.2, -0.15) is 0 Å². The zero-order chi connectivity index (χ0) is 18.4. The fourth-order valence-corrected chi connectivity index (χ4v) is 2.91. The van der Waals surface area contributed by atoms with Crippen LogP contribution in [0.2, 0.25) is 0 Å². The zero-order valence-corrected chi connectivity index (χ0v) is 14.5. The van der Waals surface area contributed by atoms with Crippen LogP contribution in [-0.4, -0.2) is 30.0 Å². The molecule has 0 spiro atoms. The van der Waals surface area contributed by atoms with Crippen molar-refractivity contribution in [2.45, 2.75) is 18.9 Å². The fourth-order valence-electron chi connectivity index (χ4n) is 2.91. The van der Waals surface area contributed by atoms with E-state index in [0.717, 1.165) is 22.0 Å². The Morgan fingerprint density at radius 2 is 1.81 bits per heavy atom. The zero-order valence-electron chi connectivity index (χ0n) is 14.5. The maximum atomic E-state index is 12.5. The van der Waals surface area contributed by atoms with Crippen molar-refractivity contribution in [3.63, 3.8) is 0 Å². The van der Waals surface area contributed by atoms with Crippen molar-refractivity contribution < 1.29 is 14.3 Å². The molecule has 5 nitrogen and oxygen atoms in total. The van der Waals surface area contributed by atoms with Gasteiger partial charge in [0, 0.05) is 18.0 Å². The number of fused-ring (bicyclic) bond motifs is 1. The predicted octanol–water partition coefficient (Wildman–Crippen LogP) is 2.68. The van der Waals surface area contributed by atoms with Crippen molar-refractivity contribution in [2.75, 3.05) is 7.11 Å². The number of nitrogens with one attached hydrogen (secondary N) is 1. The lowest BCUT2D eigenvalue weighted by Gasteiger charge is -2.17. The van der Waals surface area contributed by atoms with E-state index in [1.807, 2.05) is 60.7 Å². The number of carbonyl (C=O) groups excluding carboxylic acids is 2. The van der Waals surface area contributed by atoms with Crippen LogP contribution in [0.3, 0.4) is 0 Å². The lowest BCUT2D eigenvalue weighted by atomic mass is 10.0. The summed E-state index contributed by atoms with van der Waals surface area (Å²) < 4.78 is 4.84. The number of amides is 1. The molecule has 3 aromatic rings. The fraction of sp³-hybridized carbons (Fsp3) is 0.190. The Morgan fingerprint density at radius 3 is 2.58 bits per heavy atom. The van der Waals surface area contributed by atoms with Crippen LogP contribution >= 0.6 is 0 Å². The van der Waals surface area contributed by atoms with Crippen molar-refractivity contribution in [2.24, 2.45) is 0 Å². The van der Waals surface area contributed by atoms with Gasteiger partial charge < -0.3 is 10.1 Å². The maximum absolute atomic E-state index is 12.5. The molecule has 1 heterocycles. The predicted molar refractivity (Wildman–Crippen MR) is 99.5 cm³/mol. The molecule has 1 aromatic heterocycles. The number of hydrogen-bond acceptors (Lipinski definition) is 4. The molecule has 0 aliphatic heterocycles. The number of rotatable bonds is 6. The van der Waals surface area contributed by atoms with E-state index in [4.69, 9.17) is 4.74 Å². The largest absolute Gasteiger partial charge is 0.467 e. The summed E-state index contributed by atoms with van der Waals surface area (Å²) in [5.74, 6) is -0.701. The van der Waals surface area contributed by atoms with Gasteiger partial charge in [-0.3, -0.25) is 9.78 Å². The van der Waals surface area contributed by atoms with Gasteiger partial charge in [-0.1, -0.05) is 54.6 Å². The number of nitrogens with zero attached hydrogens (tertiary/aromatic N) is 1. The Hall–Kier alpha value is -3.21. The highest BCUT2D eigenvalue weighted by atomic mass is 16.5. The highest BCUT2D eigenvalue weighted by molar-refractivity contribution is 5.90. The molecule has 5 heteroatoms. The van der Waals surface area contributed by atoms with Gasteiger partial charge in [0.25, 0.3) is 0 Å². The first kappa shape index (κ1) is 17.6. The van der Waals surface area contributed by atoms with Gasteiger partial charge in [-0.15, -0.1) is 0 Å². The molecule has 0 radical (unpaired) electrons. The minimum Gasteiger partial charge on any atom is -0.467 e. The Bertz CT molecular complexity index is 904. The van der Waals surface area contributed by atoms with Crippen molar-refractivity contribution in [3.8, 4) is 0 Å². The Labute approximate surface area is 152 Å². The highest BCUT2D eigenvalue weighted by Crippen LogP contribution is 2.16. The summed E-state index contributed by atoms with van der Waals surface area (Å²) in [4.78, 5) is 29.0. The van der Waals surface area contributed by atoms with Crippen molar-refractivity contribution in [1.29, 1.82) is 0 Å². The van der Waals surface area contributed by atoms with E-state index < -0.39 is 12.0 Å². The van der Waals surface area contributed by atoms with E-state index in [-0.39, 0.29) is 12.3 Å². The Morgan fingerprint density at radius 1 is 1.04 bits per heavy atom. The molecule has 0 saturated carbocycles. The van der Waals surface area contributed by atoms with Crippen LogP contribution < -0.4 is 5.32 Å². The molecule has 0 unspecified atom stereocenters. The molecule has 0 saturated heterocycles. The lowest BCUT2D eigenvalue weighted by molar-refractivity contribution is -0.145. The molecule has 0 aliphatic carbocycles. The molecule has 0 aliphatic rings. The minimum absolute atomic E-state index is 0.149. The molecule has 26 heavy (non-hydrogen) atoms. The first-order valence-electron chi connectivity index (χ1n) is 8.41. The molecule has 1 atom stereocenters. The summed E-state index contributed by atoms with van der Waals surface area (Å²) in [6, 6.07) is 18.3. The molecule has 1 amide bonds. The van der Waals surface area contributed by atoms with E-state index in [2.05, 4.69) is 10.3 Å². The highest BCUT2D eigenvalue weighted by Gasteiger charge is 2.22.